The predicted octanol–water partition coefficient (Wildman–Crippen LogP) is 28.0. The Hall–Kier alpha value is -2.91. The van der Waals surface area contributed by atoms with E-state index in [1.54, 1.807) is 21.1 Å². The second-order valence-corrected chi connectivity index (χ2v) is 33.1. The normalized spacial score (nSPS) is 11.5. The summed E-state index contributed by atoms with van der Waals surface area (Å²) in [6.07, 6.45) is 10.0. The maximum absolute atomic E-state index is 10.7. The highest BCUT2D eigenvalue weighted by Crippen LogP contribution is 2.41. The van der Waals surface area contributed by atoms with Gasteiger partial charge in [-0.3, -0.25) is 4.79 Å². The highest BCUT2D eigenvalue weighted by Gasteiger charge is 2.34. The molecule has 4 rings (SSSR count). The molecular weight excluding hydrogens is 1190 g/mol. The fourth-order valence-corrected chi connectivity index (χ4v) is 6.35. The van der Waals surface area contributed by atoms with Crippen LogP contribution in [0, 0.1) is 21.7 Å². The number of thioether (sulfide) groups is 2. The number of hydrogen-bond acceptors (Lipinski definition) is 7. The van der Waals surface area contributed by atoms with Crippen LogP contribution in [-0.4, -0.2) is 86.4 Å². The lowest BCUT2D eigenvalue weighted by molar-refractivity contribution is -0.124. The van der Waals surface area contributed by atoms with Crippen LogP contribution in [0.2, 0.25) is 0 Å². The Bertz CT molecular complexity index is 2170. The zero-order chi connectivity index (χ0) is 77.0. The van der Waals surface area contributed by atoms with Crippen LogP contribution in [0.4, 0.5) is 0 Å². The summed E-state index contributed by atoms with van der Waals surface area (Å²) in [5.74, 6) is 0.278. The first kappa shape index (κ1) is 110. The van der Waals surface area contributed by atoms with E-state index in [4.69, 9.17) is 9.47 Å². The molecule has 0 fully saturated rings. The third-order valence-corrected chi connectivity index (χ3v) is 22.2. The van der Waals surface area contributed by atoms with Gasteiger partial charge in [-0.15, -0.1) is 0 Å². The van der Waals surface area contributed by atoms with Crippen LogP contribution in [0.1, 0.15) is 317 Å². The van der Waals surface area contributed by atoms with Crippen molar-refractivity contribution in [1.82, 2.24) is 9.80 Å². The van der Waals surface area contributed by atoms with Crippen LogP contribution in [0.5, 0.6) is 0 Å². The SMILES string of the molecule is CC.CC.CC.CC.CC(C)(C)C(C)(C)c1ccccc1.CCC(C)(C)C(C)(C)C.CCC(C)(C)C(C)=O.CCC(C)(C)N(C)C.CCC(C)(C)OC.CCC(C)(C)SC.CN(C)C(C)(C)c1ccccc1.COC(C)(C)c1ccccc1.CSC(C)(C)c1ccccc1. The van der Waals surface area contributed by atoms with Crippen molar-refractivity contribution >= 4 is 29.3 Å². The Morgan fingerprint density at radius 2 is 0.702 bits per heavy atom. The van der Waals surface area contributed by atoms with Crippen LogP contribution in [-0.2, 0) is 35.6 Å². The summed E-state index contributed by atoms with van der Waals surface area (Å²) in [6.45, 7) is 81.7. The molecule has 0 unspecified atom stereocenters. The van der Waals surface area contributed by atoms with Gasteiger partial charge < -0.3 is 19.3 Å². The Balaban J connectivity index is -0.000000123. The number of methoxy groups -OCH3 is 2. The van der Waals surface area contributed by atoms with E-state index in [1.807, 2.05) is 118 Å². The number of rotatable bonds is 16. The van der Waals surface area contributed by atoms with Gasteiger partial charge in [0.15, 0.2) is 0 Å². The molecule has 0 radical (unpaired) electrons. The molecule has 0 amide bonds. The summed E-state index contributed by atoms with van der Waals surface area (Å²) in [7, 11) is 11.9. The Morgan fingerprint density at radius 3 is 0.851 bits per heavy atom. The van der Waals surface area contributed by atoms with Crippen LogP contribution < -0.4 is 0 Å². The number of ketones is 1. The fourth-order valence-electron chi connectivity index (χ4n) is 5.69. The van der Waals surface area contributed by atoms with Crippen molar-refractivity contribution in [3.05, 3.63) is 144 Å². The number of nitrogens with zero attached hydrogens (tertiary/aromatic N) is 2. The van der Waals surface area contributed by atoms with Crippen LogP contribution >= 0.6 is 23.5 Å². The quantitative estimate of drug-likeness (QED) is 0.111. The Labute approximate surface area is 602 Å². The lowest BCUT2D eigenvalue weighted by atomic mass is 9.65. The summed E-state index contributed by atoms with van der Waals surface area (Å²) < 4.78 is 11.2. The summed E-state index contributed by atoms with van der Waals surface area (Å²) in [5, 5.41) is 0. The molecule has 0 aliphatic rings. The van der Waals surface area contributed by atoms with Crippen LogP contribution in [0.3, 0.4) is 0 Å². The molecule has 0 saturated carbocycles. The van der Waals surface area contributed by atoms with Gasteiger partial charge in [0.05, 0.1) is 11.2 Å². The summed E-state index contributed by atoms with van der Waals surface area (Å²) in [6, 6.07) is 42.1. The first-order valence-electron chi connectivity index (χ1n) is 36.1. The van der Waals surface area contributed by atoms with E-state index in [0.29, 0.717) is 26.5 Å². The summed E-state index contributed by atoms with van der Waals surface area (Å²) in [4.78, 5) is 15.2. The zero-order valence-corrected chi connectivity index (χ0v) is 73.7. The molecular formula is C87H168N2O3S2. The molecule has 0 N–H and O–H groups in total. The second-order valence-electron chi connectivity index (χ2n) is 30.2. The molecule has 7 heteroatoms. The van der Waals surface area contributed by atoms with E-state index in [1.165, 1.54) is 41.5 Å². The average Bonchev–Trinajstić information content (AvgIpc) is 0.820. The highest BCUT2D eigenvalue weighted by molar-refractivity contribution is 8.00. The molecule has 0 bridgehead atoms. The minimum atomic E-state index is -0.165. The van der Waals surface area contributed by atoms with Gasteiger partial charge in [-0.05, 0) is 186 Å². The number of carbonyl (C=O) groups is 1. The third kappa shape index (κ3) is 51.3. The van der Waals surface area contributed by atoms with Crippen molar-refractivity contribution in [3.63, 3.8) is 0 Å². The molecule has 0 saturated heterocycles. The number of carbonyl (C=O) groups excluding carboxylic acids is 1. The molecule has 4 aromatic carbocycles. The van der Waals surface area contributed by atoms with Gasteiger partial charge >= 0.3 is 0 Å². The van der Waals surface area contributed by atoms with Crippen molar-refractivity contribution in [2.24, 2.45) is 21.7 Å². The van der Waals surface area contributed by atoms with E-state index in [2.05, 4.69) is 334 Å². The number of benzene rings is 4. The monoisotopic (exact) mass is 1350 g/mol. The molecule has 0 aromatic heterocycles. The lowest BCUT2D eigenvalue weighted by Crippen LogP contribution is -2.36. The van der Waals surface area contributed by atoms with Gasteiger partial charge in [0.2, 0.25) is 0 Å². The van der Waals surface area contributed by atoms with Crippen molar-refractivity contribution < 1.29 is 14.3 Å². The molecule has 5 nitrogen and oxygen atoms in total. The highest BCUT2D eigenvalue weighted by atomic mass is 32.2. The van der Waals surface area contributed by atoms with E-state index >= 15 is 0 Å². The van der Waals surface area contributed by atoms with Gasteiger partial charge in [0.25, 0.3) is 0 Å². The summed E-state index contributed by atoms with van der Waals surface area (Å²) in [5.41, 5.74) is 7.16. The van der Waals surface area contributed by atoms with Gasteiger partial charge in [0.1, 0.15) is 5.78 Å². The molecule has 0 spiro atoms. The maximum atomic E-state index is 10.7. The van der Waals surface area contributed by atoms with Crippen molar-refractivity contribution in [1.29, 1.82) is 0 Å². The van der Waals surface area contributed by atoms with E-state index in [9.17, 15) is 4.79 Å². The van der Waals surface area contributed by atoms with Gasteiger partial charge in [-0.2, -0.15) is 23.5 Å². The number of Topliss-reactive ketones (excluding diaryl/α,β-unsaturated/α-hetero) is 1. The summed E-state index contributed by atoms with van der Waals surface area (Å²) >= 11 is 3.81. The van der Waals surface area contributed by atoms with E-state index in [-0.39, 0.29) is 38.1 Å². The largest absolute Gasteiger partial charge is 0.379 e. The van der Waals surface area contributed by atoms with E-state index in [0.717, 1.165) is 12.8 Å². The number of hydrogen-bond donors (Lipinski definition) is 0. The molecule has 556 valence electrons. The lowest BCUT2D eigenvalue weighted by Gasteiger charge is -2.39. The average molecular weight is 1350 g/mol. The van der Waals surface area contributed by atoms with Gasteiger partial charge in [0, 0.05) is 40.2 Å². The number of ether oxygens (including phenoxy) is 2. The zero-order valence-electron chi connectivity index (χ0n) is 72.0. The molecule has 94 heavy (non-hydrogen) atoms. The molecule has 0 aliphatic heterocycles. The van der Waals surface area contributed by atoms with E-state index < -0.39 is 0 Å². The molecule has 0 atom stereocenters. The fraction of sp³-hybridized carbons (Fsp3) is 0.713. The second kappa shape index (κ2) is 55.9. The minimum Gasteiger partial charge on any atom is -0.379 e. The molecule has 0 heterocycles. The minimum absolute atomic E-state index is 0.0833. The Kier molecular flexibility index (Phi) is 65.3. The Morgan fingerprint density at radius 1 is 0.383 bits per heavy atom. The standard InChI is InChI=1S/C13H20.C11H17N.C10H14O.C10H14S.C9H20.C7H17N.C7H14O.C6H14O.C6H14S.4C2H6/c1-12(2,3)13(4,5)11-9-7-6-8-10-11;1-11(2,12(3)4)10-8-6-5-7-9-10;2*1-10(2,11-3)9-7-5-4-6-8-9;1-7-9(5,6)8(2,3)4;1-6-7(2,3)8(4)5;1-5-7(3,4)6(2)8;2*1-5-6(2,3)7-4;4*1-2/h6-10H,1-5H3;5-9H,1-4H3;2*4-8H,1-3H3;7H2,1-6H3;6H2,1-5H3;5H2,1-4H3;2*5H2,1-4H3;4*1-2H3. The van der Waals surface area contributed by atoms with Crippen LogP contribution in [0.15, 0.2) is 121 Å². The first-order chi connectivity index (χ1) is 42.8. The van der Waals surface area contributed by atoms with Crippen molar-refractivity contribution in [3.8, 4) is 0 Å². The maximum Gasteiger partial charge on any atom is 0.135 e. The van der Waals surface area contributed by atoms with Crippen molar-refractivity contribution in [2.75, 3.05) is 54.9 Å². The molecule has 4 aromatic rings. The van der Waals surface area contributed by atoms with Crippen LogP contribution in [0.25, 0.3) is 0 Å². The third-order valence-electron chi connectivity index (χ3n) is 19.6. The topological polar surface area (TPSA) is 42.0 Å². The van der Waals surface area contributed by atoms with Gasteiger partial charge in [-0.25, -0.2) is 0 Å². The van der Waals surface area contributed by atoms with Crippen molar-refractivity contribution in [2.45, 2.75) is 332 Å². The first-order valence-corrected chi connectivity index (χ1v) is 38.5. The van der Waals surface area contributed by atoms with Gasteiger partial charge in [-0.1, -0.05) is 315 Å². The molecule has 0 aliphatic carbocycles. The predicted molar refractivity (Wildman–Crippen MR) is 443 cm³/mol. The smallest absolute Gasteiger partial charge is 0.135 e.